The Morgan fingerprint density at radius 1 is 1.17 bits per heavy atom. The average molecular weight is 322 g/mol. The molecule has 1 saturated heterocycles. The van der Waals surface area contributed by atoms with Gasteiger partial charge < -0.3 is 9.47 Å². The molecule has 4 heterocycles. The highest BCUT2D eigenvalue weighted by atomic mass is 16.2. The smallest absolute Gasteiger partial charge is 0.225 e. The van der Waals surface area contributed by atoms with Gasteiger partial charge in [0.25, 0.3) is 0 Å². The zero-order valence-corrected chi connectivity index (χ0v) is 13.8. The lowest BCUT2D eigenvalue weighted by atomic mass is 9.77. The molecule has 5 heteroatoms. The summed E-state index contributed by atoms with van der Waals surface area (Å²) < 4.78 is 2.38. The van der Waals surface area contributed by atoms with Crippen molar-refractivity contribution >= 4 is 5.91 Å². The standard InChI is InChI=1S/C19H22N4O/c24-18(15-1-2-15)22-9-5-19(6-10-22)11-17-21-12-16(23(17)13-19)14-3-7-20-8-4-14/h3-4,7-8,12,15H,1-2,5-6,9-11,13H2. The monoisotopic (exact) mass is 322 g/mol. The summed E-state index contributed by atoms with van der Waals surface area (Å²) in [4.78, 5) is 23.2. The van der Waals surface area contributed by atoms with Gasteiger partial charge in [0.15, 0.2) is 0 Å². The van der Waals surface area contributed by atoms with E-state index in [1.165, 1.54) is 17.1 Å². The van der Waals surface area contributed by atoms with Crippen LogP contribution in [0.25, 0.3) is 11.3 Å². The van der Waals surface area contributed by atoms with Crippen LogP contribution in [0.15, 0.2) is 30.7 Å². The first-order chi connectivity index (χ1) is 11.7. The molecule has 3 aliphatic rings. The second-order valence-corrected chi connectivity index (χ2v) is 7.66. The Morgan fingerprint density at radius 3 is 2.62 bits per heavy atom. The number of aromatic nitrogens is 3. The van der Waals surface area contributed by atoms with E-state index in [9.17, 15) is 4.79 Å². The van der Waals surface area contributed by atoms with Crippen LogP contribution in [0.3, 0.4) is 0 Å². The Hall–Kier alpha value is -2.17. The number of hydrogen-bond donors (Lipinski definition) is 0. The van der Waals surface area contributed by atoms with E-state index in [0.29, 0.717) is 17.2 Å². The number of piperidine rings is 1. The molecule has 1 spiro atoms. The Labute approximate surface area is 141 Å². The predicted molar refractivity (Wildman–Crippen MR) is 90.1 cm³/mol. The first-order valence-corrected chi connectivity index (χ1v) is 8.98. The van der Waals surface area contributed by atoms with Crippen molar-refractivity contribution in [3.05, 3.63) is 36.5 Å². The first kappa shape index (κ1) is 14.2. The van der Waals surface area contributed by atoms with Crippen molar-refractivity contribution in [2.75, 3.05) is 13.1 Å². The number of likely N-dealkylation sites (tertiary alicyclic amines) is 1. The van der Waals surface area contributed by atoms with E-state index in [0.717, 1.165) is 51.7 Å². The largest absolute Gasteiger partial charge is 0.342 e. The Kier molecular flexibility index (Phi) is 3.05. The van der Waals surface area contributed by atoms with E-state index < -0.39 is 0 Å². The van der Waals surface area contributed by atoms with Gasteiger partial charge in [0.1, 0.15) is 5.82 Å². The minimum Gasteiger partial charge on any atom is -0.342 e. The van der Waals surface area contributed by atoms with Gasteiger partial charge in [-0.05, 0) is 43.2 Å². The second-order valence-electron chi connectivity index (χ2n) is 7.66. The van der Waals surface area contributed by atoms with Crippen molar-refractivity contribution in [1.29, 1.82) is 0 Å². The van der Waals surface area contributed by atoms with Gasteiger partial charge in [0, 0.05) is 49.9 Å². The van der Waals surface area contributed by atoms with Crippen LogP contribution in [-0.4, -0.2) is 38.4 Å². The maximum absolute atomic E-state index is 12.3. The third-order valence-electron chi connectivity index (χ3n) is 6.00. The van der Waals surface area contributed by atoms with Crippen LogP contribution in [0.2, 0.25) is 0 Å². The van der Waals surface area contributed by atoms with Crippen molar-refractivity contribution in [2.24, 2.45) is 11.3 Å². The molecule has 0 radical (unpaired) electrons. The van der Waals surface area contributed by atoms with Crippen molar-refractivity contribution in [3.8, 4) is 11.3 Å². The molecule has 1 amide bonds. The highest BCUT2D eigenvalue weighted by Crippen LogP contribution is 2.44. The number of hydrogen-bond acceptors (Lipinski definition) is 3. The normalized spacial score (nSPS) is 21.9. The number of nitrogens with zero attached hydrogens (tertiary/aromatic N) is 4. The van der Waals surface area contributed by atoms with Gasteiger partial charge in [0.2, 0.25) is 5.91 Å². The summed E-state index contributed by atoms with van der Waals surface area (Å²) in [6.45, 7) is 2.88. The third kappa shape index (κ3) is 2.26. The van der Waals surface area contributed by atoms with Crippen LogP contribution in [0.4, 0.5) is 0 Å². The molecule has 24 heavy (non-hydrogen) atoms. The van der Waals surface area contributed by atoms with Crippen LogP contribution in [0.1, 0.15) is 31.5 Å². The fourth-order valence-electron chi connectivity index (χ4n) is 4.34. The van der Waals surface area contributed by atoms with Gasteiger partial charge >= 0.3 is 0 Å². The predicted octanol–water partition coefficient (Wildman–Crippen LogP) is 2.52. The number of rotatable bonds is 2. The summed E-state index contributed by atoms with van der Waals surface area (Å²) in [6.07, 6.45) is 11.1. The first-order valence-electron chi connectivity index (χ1n) is 8.98. The molecule has 124 valence electrons. The molecule has 1 aliphatic carbocycles. The van der Waals surface area contributed by atoms with Crippen LogP contribution in [-0.2, 0) is 17.8 Å². The van der Waals surface area contributed by atoms with Crippen molar-refractivity contribution in [1.82, 2.24) is 19.4 Å². The summed E-state index contributed by atoms with van der Waals surface area (Å²) in [7, 11) is 0. The molecule has 2 aliphatic heterocycles. The molecule has 0 aromatic carbocycles. The zero-order chi connectivity index (χ0) is 16.1. The molecule has 0 unspecified atom stereocenters. The van der Waals surface area contributed by atoms with Gasteiger partial charge in [-0.15, -0.1) is 0 Å². The quantitative estimate of drug-likeness (QED) is 0.854. The van der Waals surface area contributed by atoms with E-state index in [4.69, 9.17) is 0 Å². The van der Waals surface area contributed by atoms with Crippen LogP contribution >= 0.6 is 0 Å². The highest BCUT2D eigenvalue weighted by molar-refractivity contribution is 5.81. The van der Waals surface area contributed by atoms with E-state index >= 15 is 0 Å². The number of carbonyl (C=O) groups excluding carboxylic acids is 1. The van der Waals surface area contributed by atoms with Gasteiger partial charge in [-0.1, -0.05) is 0 Å². The molecule has 2 fully saturated rings. The number of pyridine rings is 1. The Morgan fingerprint density at radius 2 is 1.92 bits per heavy atom. The summed E-state index contributed by atoms with van der Waals surface area (Å²) in [5, 5.41) is 0. The molecular formula is C19H22N4O. The molecule has 2 aromatic rings. The van der Waals surface area contributed by atoms with Gasteiger partial charge in [-0.3, -0.25) is 9.78 Å². The number of carbonyl (C=O) groups is 1. The van der Waals surface area contributed by atoms with E-state index in [1.54, 1.807) is 0 Å². The molecule has 2 aromatic heterocycles. The minimum atomic E-state index is 0.297. The molecular weight excluding hydrogens is 300 g/mol. The van der Waals surface area contributed by atoms with Crippen LogP contribution in [0.5, 0.6) is 0 Å². The summed E-state index contributed by atoms with van der Waals surface area (Å²) in [5.74, 6) is 1.94. The second kappa shape index (κ2) is 5.16. The third-order valence-corrected chi connectivity index (χ3v) is 6.00. The van der Waals surface area contributed by atoms with Crippen molar-refractivity contribution < 1.29 is 4.79 Å². The van der Waals surface area contributed by atoms with Gasteiger partial charge in [-0.25, -0.2) is 4.98 Å². The van der Waals surface area contributed by atoms with E-state index in [1.807, 2.05) is 30.7 Å². The van der Waals surface area contributed by atoms with Gasteiger partial charge in [0.05, 0.1) is 11.9 Å². The van der Waals surface area contributed by atoms with Crippen LogP contribution < -0.4 is 0 Å². The number of fused-ring (bicyclic) bond motifs is 1. The number of amides is 1. The molecule has 0 N–H and O–H groups in total. The molecule has 5 nitrogen and oxygen atoms in total. The summed E-state index contributed by atoms with van der Waals surface area (Å²) in [6, 6.07) is 4.10. The fraction of sp³-hybridized carbons (Fsp3) is 0.526. The highest BCUT2D eigenvalue weighted by Gasteiger charge is 2.44. The Bertz CT molecular complexity index is 770. The maximum Gasteiger partial charge on any atom is 0.225 e. The minimum absolute atomic E-state index is 0.297. The lowest BCUT2D eigenvalue weighted by Crippen LogP contribution is -2.44. The molecule has 0 bridgehead atoms. The molecule has 1 saturated carbocycles. The fourth-order valence-corrected chi connectivity index (χ4v) is 4.34. The summed E-state index contributed by atoms with van der Waals surface area (Å²) in [5.41, 5.74) is 2.68. The van der Waals surface area contributed by atoms with Crippen LogP contribution in [0, 0.1) is 11.3 Å². The van der Waals surface area contributed by atoms with Gasteiger partial charge in [-0.2, -0.15) is 0 Å². The zero-order valence-electron chi connectivity index (χ0n) is 13.8. The maximum atomic E-state index is 12.3. The lowest BCUT2D eigenvalue weighted by molar-refractivity contribution is -0.134. The lowest BCUT2D eigenvalue weighted by Gasteiger charge is -2.39. The van der Waals surface area contributed by atoms with Crippen molar-refractivity contribution in [2.45, 2.75) is 38.6 Å². The topological polar surface area (TPSA) is 51.0 Å². The average Bonchev–Trinajstić information content (AvgIpc) is 3.32. The molecule has 5 rings (SSSR count). The SMILES string of the molecule is O=C(C1CC1)N1CCC2(CC1)Cc1ncc(-c3ccncc3)n1C2. The summed E-state index contributed by atoms with van der Waals surface area (Å²) >= 11 is 0. The van der Waals surface area contributed by atoms with E-state index in [2.05, 4.69) is 19.4 Å². The molecule has 0 atom stereocenters. The van der Waals surface area contributed by atoms with E-state index in [-0.39, 0.29) is 0 Å². The Balaban J connectivity index is 1.34. The number of imidazole rings is 1. The van der Waals surface area contributed by atoms with Crippen molar-refractivity contribution in [3.63, 3.8) is 0 Å².